The maximum atomic E-state index is 13.2. The molecule has 0 aliphatic heterocycles. The van der Waals surface area contributed by atoms with Crippen LogP contribution in [-0.2, 0) is 10.0 Å². The summed E-state index contributed by atoms with van der Waals surface area (Å²) in [5.41, 5.74) is 2.17. The Morgan fingerprint density at radius 3 is 2.55 bits per heavy atom. The van der Waals surface area contributed by atoms with Gasteiger partial charge in [0.25, 0.3) is 5.91 Å². The minimum atomic E-state index is -3.76. The average Bonchev–Trinajstić information content (AvgIpc) is 3.29. The van der Waals surface area contributed by atoms with Crippen molar-refractivity contribution >= 4 is 55.5 Å². The molecule has 0 saturated carbocycles. The van der Waals surface area contributed by atoms with Crippen LogP contribution in [0.15, 0.2) is 70.9 Å². The Bertz CT molecular complexity index is 1380. The van der Waals surface area contributed by atoms with Crippen molar-refractivity contribution in [1.82, 2.24) is 9.29 Å². The number of benzene rings is 2. The summed E-state index contributed by atoms with van der Waals surface area (Å²) >= 11 is 7.65. The molecule has 0 bridgehead atoms. The zero-order valence-electron chi connectivity index (χ0n) is 16.7. The molecule has 4 rings (SSSR count). The fourth-order valence-electron chi connectivity index (χ4n) is 3.09. The van der Waals surface area contributed by atoms with Gasteiger partial charge in [-0.1, -0.05) is 35.9 Å². The minimum absolute atomic E-state index is 0.0733. The summed E-state index contributed by atoms with van der Waals surface area (Å²) in [6, 6.07) is 17.4. The summed E-state index contributed by atoms with van der Waals surface area (Å²) in [4.78, 5) is 18.8. The van der Waals surface area contributed by atoms with Crippen molar-refractivity contribution < 1.29 is 13.2 Å². The third-order valence-corrected chi connectivity index (χ3v) is 7.87. The summed E-state index contributed by atoms with van der Waals surface area (Å²) in [5.74, 6) is -0.369. The normalized spacial score (nSPS) is 11.7. The molecule has 158 valence electrons. The number of para-hydroxylation sites is 1. The molecule has 4 aromatic rings. The molecule has 31 heavy (non-hydrogen) atoms. The number of halogens is 1. The number of amides is 1. The van der Waals surface area contributed by atoms with Gasteiger partial charge in [0.1, 0.15) is 4.90 Å². The van der Waals surface area contributed by atoms with E-state index in [1.54, 1.807) is 12.1 Å². The number of carbonyl (C=O) groups excluding carboxylic acids is 1. The van der Waals surface area contributed by atoms with Gasteiger partial charge in [0, 0.05) is 25.2 Å². The first-order chi connectivity index (χ1) is 14.8. The second-order valence-corrected chi connectivity index (χ2v) is 10.4. The first-order valence-electron chi connectivity index (χ1n) is 9.24. The van der Waals surface area contributed by atoms with Crippen molar-refractivity contribution in [2.45, 2.75) is 4.90 Å². The predicted octanol–water partition coefficient (Wildman–Crippen LogP) is 5.12. The van der Waals surface area contributed by atoms with Crippen LogP contribution < -0.4 is 5.32 Å². The maximum absolute atomic E-state index is 13.2. The van der Waals surface area contributed by atoms with E-state index in [1.807, 2.05) is 41.8 Å². The molecule has 0 fully saturated rings. The van der Waals surface area contributed by atoms with Gasteiger partial charge in [0.05, 0.1) is 26.7 Å². The van der Waals surface area contributed by atoms with E-state index < -0.39 is 10.0 Å². The Hall–Kier alpha value is -2.78. The lowest BCUT2D eigenvalue weighted by Crippen LogP contribution is -2.23. The van der Waals surface area contributed by atoms with Crippen LogP contribution in [-0.4, -0.2) is 37.7 Å². The Morgan fingerprint density at radius 1 is 1.06 bits per heavy atom. The minimum Gasteiger partial charge on any atom is -0.322 e. The number of fused-ring (bicyclic) bond motifs is 1. The second-order valence-electron chi connectivity index (χ2n) is 6.94. The van der Waals surface area contributed by atoms with Crippen LogP contribution >= 0.6 is 22.9 Å². The zero-order valence-corrected chi connectivity index (χ0v) is 19.1. The van der Waals surface area contributed by atoms with Gasteiger partial charge in [0.15, 0.2) is 0 Å². The van der Waals surface area contributed by atoms with Crippen LogP contribution in [0.1, 0.15) is 10.4 Å². The van der Waals surface area contributed by atoms with Gasteiger partial charge < -0.3 is 5.32 Å². The summed E-state index contributed by atoms with van der Waals surface area (Å²) in [6.07, 6.45) is 0. The quantitative estimate of drug-likeness (QED) is 0.438. The molecule has 1 amide bonds. The molecule has 0 unspecified atom stereocenters. The van der Waals surface area contributed by atoms with Crippen LogP contribution in [0.4, 0.5) is 5.69 Å². The SMILES string of the molecule is CN(C)S(=O)(=O)c1cc(NC(=O)c2cc(-c3cccs3)nc3ccccc23)ccc1Cl. The highest BCUT2D eigenvalue weighted by molar-refractivity contribution is 7.89. The van der Waals surface area contributed by atoms with Gasteiger partial charge in [-0.05, 0) is 41.8 Å². The molecule has 2 aromatic heterocycles. The van der Waals surface area contributed by atoms with Crippen molar-refractivity contribution in [3.05, 3.63) is 76.6 Å². The highest BCUT2D eigenvalue weighted by Gasteiger charge is 2.22. The van der Waals surface area contributed by atoms with Crippen molar-refractivity contribution in [1.29, 1.82) is 0 Å². The summed E-state index contributed by atoms with van der Waals surface area (Å²) < 4.78 is 26.1. The number of sulfonamides is 1. The van der Waals surface area contributed by atoms with Crippen LogP contribution in [0, 0.1) is 0 Å². The largest absolute Gasteiger partial charge is 0.322 e. The van der Waals surface area contributed by atoms with E-state index in [0.29, 0.717) is 27.8 Å². The first-order valence-corrected chi connectivity index (χ1v) is 11.9. The second kappa shape index (κ2) is 8.39. The van der Waals surface area contributed by atoms with Crippen LogP contribution in [0.25, 0.3) is 21.5 Å². The molecule has 6 nitrogen and oxygen atoms in total. The van der Waals surface area contributed by atoms with Gasteiger partial charge >= 0.3 is 0 Å². The Kier molecular flexibility index (Phi) is 5.81. The van der Waals surface area contributed by atoms with E-state index in [0.717, 1.165) is 9.18 Å². The fraction of sp³-hybridized carbons (Fsp3) is 0.0909. The highest BCUT2D eigenvalue weighted by Crippen LogP contribution is 2.30. The van der Waals surface area contributed by atoms with Gasteiger partial charge in [0.2, 0.25) is 10.0 Å². The molecule has 2 aromatic carbocycles. The predicted molar refractivity (Wildman–Crippen MR) is 125 cm³/mol. The molecule has 0 saturated heterocycles. The average molecular weight is 472 g/mol. The van der Waals surface area contributed by atoms with E-state index in [4.69, 9.17) is 11.6 Å². The Balaban J connectivity index is 1.76. The van der Waals surface area contributed by atoms with Gasteiger partial charge in [-0.2, -0.15) is 0 Å². The van der Waals surface area contributed by atoms with Gasteiger partial charge in [-0.15, -0.1) is 11.3 Å². The molecule has 0 spiro atoms. The lowest BCUT2D eigenvalue weighted by molar-refractivity contribution is 0.102. The zero-order chi connectivity index (χ0) is 22.2. The number of rotatable bonds is 5. The molecule has 9 heteroatoms. The molecular weight excluding hydrogens is 454 g/mol. The molecule has 0 atom stereocenters. The maximum Gasteiger partial charge on any atom is 0.256 e. The molecule has 0 aliphatic rings. The number of hydrogen-bond acceptors (Lipinski definition) is 5. The molecule has 2 heterocycles. The monoisotopic (exact) mass is 471 g/mol. The first kappa shape index (κ1) is 21.5. The van der Waals surface area contributed by atoms with E-state index >= 15 is 0 Å². The third-order valence-electron chi connectivity index (χ3n) is 4.68. The number of aromatic nitrogens is 1. The van der Waals surface area contributed by atoms with Crippen LogP contribution in [0.2, 0.25) is 5.02 Å². The molecule has 1 N–H and O–H groups in total. The number of hydrogen-bond donors (Lipinski definition) is 1. The van der Waals surface area contributed by atoms with Crippen molar-refractivity contribution in [2.75, 3.05) is 19.4 Å². The van der Waals surface area contributed by atoms with Crippen LogP contribution in [0.3, 0.4) is 0 Å². The number of thiophene rings is 1. The number of nitrogens with zero attached hydrogens (tertiary/aromatic N) is 2. The van der Waals surface area contributed by atoms with E-state index in [9.17, 15) is 13.2 Å². The summed E-state index contributed by atoms with van der Waals surface area (Å²) in [7, 11) is -0.915. The van der Waals surface area contributed by atoms with Gasteiger partial charge in [-0.25, -0.2) is 17.7 Å². The molecule has 0 radical (unpaired) electrons. The summed E-state index contributed by atoms with van der Waals surface area (Å²) in [5, 5.41) is 5.54. The summed E-state index contributed by atoms with van der Waals surface area (Å²) in [6.45, 7) is 0. The third kappa shape index (κ3) is 4.20. The van der Waals surface area contributed by atoms with E-state index in [-0.39, 0.29) is 15.8 Å². The number of pyridine rings is 1. The van der Waals surface area contributed by atoms with Crippen molar-refractivity contribution in [2.24, 2.45) is 0 Å². The highest BCUT2D eigenvalue weighted by atomic mass is 35.5. The number of carbonyl (C=O) groups is 1. The molecule has 0 aliphatic carbocycles. The van der Waals surface area contributed by atoms with Crippen molar-refractivity contribution in [3.8, 4) is 10.6 Å². The van der Waals surface area contributed by atoms with Gasteiger partial charge in [-0.3, -0.25) is 4.79 Å². The number of anilines is 1. The fourth-order valence-corrected chi connectivity index (χ4v) is 5.17. The topological polar surface area (TPSA) is 79.4 Å². The Labute approximate surface area is 189 Å². The number of nitrogens with one attached hydrogen (secondary N) is 1. The van der Waals surface area contributed by atoms with Crippen molar-refractivity contribution in [3.63, 3.8) is 0 Å². The van der Waals surface area contributed by atoms with Crippen LogP contribution in [0.5, 0.6) is 0 Å². The van der Waals surface area contributed by atoms with E-state index in [2.05, 4.69) is 10.3 Å². The van der Waals surface area contributed by atoms with E-state index in [1.165, 1.54) is 37.6 Å². The smallest absolute Gasteiger partial charge is 0.256 e. The Morgan fingerprint density at radius 2 is 1.84 bits per heavy atom. The standard InChI is InChI=1S/C22H18ClN3O3S2/c1-26(2)31(28,29)21-12-14(9-10-17(21)23)24-22(27)16-13-19(20-8-5-11-30-20)25-18-7-4-3-6-15(16)18/h3-13H,1-2H3,(H,24,27). The lowest BCUT2D eigenvalue weighted by Gasteiger charge is -2.15. The molecular formula is C22H18ClN3O3S2. The lowest BCUT2D eigenvalue weighted by atomic mass is 10.1.